The van der Waals surface area contributed by atoms with Crippen LogP contribution < -0.4 is 0 Å². The number of hydrogen-bond acceptors (Lipinski definition) is 2. The molecule has 3 heteroatoms. The fourth-order valence-electron chi connectivity index (χ4n) is 2.73. The molecular weight excluding hydrogens is 290 g/mol. The van der Waals surface area contributed by atoms with E-state index in [-0.39, 0.29) is 11.2 Å². The van der Waals surface area contributed by atoms with Crippen LogP contribution in [0.4, 0.5) is 0 Å². The minimum absolute atomic E-state index is 0.0781. The predicted octanol–water partition coefficient (Wildman–Crippen LogP) is 4.21. The number of nitriles is 1. The molecule has 0 N–H and O–H groups in total. The minimum Gasteiger partial charge on any atom is -0.297 e. The zero-order valence-electron chi connectivity index (χ0n) is 10.4. The normalized spacial score (nSPS) is 19.2. The van der Waals surface area contributed by atoms with Crippen molar-refractivity contribution in [3.63, 3.8) is 0 Å². The molecule has 0 radical (unpaired) electrons. The molecule has 0 heterocycles. The van der Waals surface area contributed by atoms with Crippen molar-refractivity contribution in [2.75, 3.05) is 0 Å². The van der Waals surface area contributed by atoms with Crippen LogP contribution >= 0.6 is 15.9 Å². The van der Waals surface area contributed by atoms with E-state index in [1.54, 1.807) is 0 Å². The lowest BCUT2D eigenvalue weighted by molar-refractivity contribution is -0.128. The first-order chi connectivity index (χ1) is 8.58. The maximum atomic E-state index is 12.6. The third-order valence-corrected chi connectivity index (χ3v) is 4.63. The number of ketones is 1. The Balaban J connectivity index is 2.33. The van der Waals surface area contributed by atoms with Crippen LogP contribution in [-0.2, 0) is 4.79 Å². The molecule has 2 nitrogen and oxygen atoms in total. The molecule has 1 fully saturated rings. The van der Waals surface area contributed by atoms with Crippen molar-refractivity contribution in [1.29, 1.82) is 5.26 Å². The summed E-state index contributed by atoms with van der Waals surface area (Å²) in [4.78, 5) is 12.6. The number of carbonyl (C=O) groups is 1. The molecule has 1 aromatic rings. The zero-order valence-corrected chi connectivity index (χ0v) is 12.0. The van der Waals surface area contributed by atoms with Crippen LogP contribution in [0.5, 0.6) is 0 Å². The summed E-state index contributed by atoms with van der Waals surface area (Å²) < 4.78 is 0.839. The molecule has 1 saturated carbocycles. The lowest BCUT2D eigenvalue weighted by atomic mass is 9.76. The third-order valence-electron chi connectivity index (χ3n) is 3.91. The Morgan fingerprint density at radius 3 is 2.56 bits per heavy atom. The lowest BCUT2D eigenvalue weighted by Gasteiger charge is -2.25. The molecule has 0 saturated heterocycles. The Labute approximate surface area is 116 Å². The standard InChI is InChI=1S/C15H16BrNO/c1-15(8-4-5-9-15)14(18)12(10-17)11-6-2-3-7-13(11)16/h2-3,6-7,12H,4-5,8-9H2,1H3. The average Bonchev–Trinajstić information content (AvgIpc) is 2.81. The van der Waals surface area contributed by atoms with Crippen LogP contribution in [0.2, 0.25) is 0 Å². The molecule has 1 aliphatic rings. The number of rotatable bonds is 3. The van der Waals surface area contributed by atoms with E-state index in [1.165, 1.54) is 0 Å². The van der Waals surface area contributed by atoms with Gasteiger partial charge in [0.1, 0.15) is 5.92 Å². The van der Waals surface area contributed by atoms with Crippen LogP contribution in [0.25, 0.3) is 0 Å². The predicted molar refractivity (Wildman–Crippen MR) is 74.1 cm³/mol. The molecule has 1 atom stereocenters. The number of halogens is 1. The summed E-state index contributed by atoms with van der Waals surface area (Å²) in [6.07, 6.45) is 4.01. The van der Waals surface area contributed by atoms with Gasteiger partial charge in [0.2, 0.25) is 0 Å². The average molecular weight is 306 g/mol. The first-order valence-electron chi connectivity index (χ1n) is 6.27. The van der Waals surface area contributed by atoms with Gasteiger partial charge in [0.05, 0.1) is 6.07 Å². The number of carbonyl (C=O) groups excluding carboxylic acids is 1. The summed E-state index contributed by atoms with van der Waals surface area (Å²) in [5, 5.41) is 9.36. The van der Waals surface area contributed by atoms with Crippen molar-refractivity contribution in [3.8, 4) is 6.07 Å². The second-order valence-corrected chi connectivity index (χ2v) is 6.07. The van der Waals surface area contributed by atoms with Gasteiger partial charge in [-0.2, -0.15) is 5.26 Å². The van der Waals surface area contributed by atoms with Crippen molar-refractivity contribution in [2.45, 2.75) is 38.5 Å². The first kappa shape index (κ1) is 13.3. The summed E-state index contributed by atoms with van der Waals surface area (Å²) in [6, 6.07) is 9.68. The fraction of sp³-hybridized carbons (Fsp3) is 0.467. The maximum absolute atomic E-state index is 12.6. The summed E-state index contributed by atoms with van der Waals surface area (Å²) in [5.74, 6) is -0.571. The van der Waals surface area contributed by atoms with Crippen molar-refractivity contribution >= 4 is 21.7 Å². The highest BCUT2D eigenvalue weighted by atomic mass is 79.9. The Morgan fingerprint density at radius 1 is 1.39 bits per heavy atom. The van der Waals surface area contributed by atoms with Gasteiger partial charge in [-0.25, -0.2) is 0 Å². The molecule has 2 rings (SSSR count). The molecule has 0 spiro atoms. The molecular formula is C15H16BrNO. The van der Waals surface area contributed by atoms with E-state index in [2.05, 4.69) is 22.0 Å². The zero-order chi connectivity index (χ0) is 13.2. The summed E-state index contributed by atoms with van der Waals surface area (Å²) in [6.45, 7) is 2.00. The third kappa shape index (κ3) is 2.35. The van der Waals surface area contributed by atoms with Gasteiger partial charge in [0.15, 0.2) is 5.78 Å². The smallest absolute Gasteiger partial charge is 0.160 e. The largest absolute Gasteiger partial charge is 0.297 e. The SMILES string of the molecule is CC1(C(=O)C(C#N)c2ccccc2Br)CCCC1. The molecule has 1 unspecified atom stereocenters. The van der Waals surface area contributed by atoms with Gasteiger partial charge in [-0.05, 0) is 24.5 Å². The second-order valence-electron chi connectivity index (χ2n) is 5.22. The Bertz CT molecular complexity index is 497. The quantitative estimate of drug-likeness (QED) is 0.839. The highest BCUT2D eigenvalue weighted by Gasteiger charge is 2.40. The van der Waals surface area contributed by atoms with E-state index in [0.717, 1.165) is 35.7 Å². The fourth-order valence-corrected chi connectivity index (χ4v) is 3.24. The van der Waals surface area contributed by atoms with Gasteiger partial charge in [0.25, 0.3) is 0 Å². The second kappa shape index (κ2) is 5.24. The van der Waals surface area contributed by atoms with Crippen LogP contribution in [0.3, 0.4) is 0 Å². The van der Waals surface area contributed by atoms with E-state index >= 15 is 0 Å². The van der Waals surface area contributed by atoms with Crippen molar-refractivity contribution in [3.05, 3.63) is 34.3 Å². The van der Waals surface area contributed by atoms with E-state index in [0.29, 0.717) is 0 Å². The molecule has 0 amide bonds. The van der Waals surface area contributed by atoms with Crippen molar-refractivity contribution in [1.82, 2.24) is 0 Å². The van der Waals surface area contributed by atoms with Gasteiger partial charge in [-0.15, -0.1) is 0 Å². The van der Waals surface area contributed by atoms with Crippen molar-refractivity contribution < 1.29 is 4.79 Å². The maximum Gasteiger partial charge on any atom is 0.160 e. The minimum atomic E-state index is -0.649. The number of hydrogen-bond donors (Lipinski definition) is 0. The molecule has 1 aliphatic carbocycles. The Hall–Kier alpha value is -1.14. The van der Waals surface area contributed by atoms with E-state index in [4.69, 9.17) is 0 Å². The molecule has 18 heavy (non-hydrogen) atoms. The first-order valence-corrected chi connectivity index (χ1v) is 7.06. The number of nitrogens with zero attached hydrogens (tertiary/aromatic N) is 1. The molecule has 0 bridgehead atoms. The summed E-state index contributed by atoms with van der Waals surface area (Å²) in [5.41, 5.74) is 0.480. The number of Topliss-reactive ketones (excluding diaryl/α,β-unsaturated/α-hetero) is 1. The van der Waals surface area contributed by atoms with Gasteiger partial charge in [-0.1, -0.05) is 53.9 Å². The van der Waals surface area contributed by atoms with Gasteiger partial charge < -0.3 is 0 Å². The van der Waals surface area contributed by atoms with Gasteiger partial charge in [0, 0.05) is 9.89 Å². The van der Waals surface area contributed by atoms with Crippen LogP contribution in [0.1, 0.15) is 44.1 Å². The molecule has 94 valence electrons. The highest BCUT2D eigenvalue weighted by Crippen LogP contribution is 2.42. The number of benzene rings is 1. The lowest BCUT2D eigenvalue weighted by Crippen LogP contribution is -2.29. The summed E-state index contributed by atoms with van der Waals surface area (Å²) in [7, 11) is 0. The molecule has 0 aromatic heterocycles. The summed E-state index contributed by atoms with van der Waals surface area (Å²) >= 11 is 3.43. The van der Waals surface area contributed by atoms with Crippen LogP contribution in [0, 0.1) is 16.7 Å². The Kier molecular flexibility index (Phi) is 3.87. The van der Waals surface area contributed by atoms with Crippen molar-refractivity contribution in [2.24, 2.45) is 5.41 Å². The highest BCUT2D eigenvalue weighted by molar-refractivity contribution is 9.10. The Morgan fingerprint density at radius 2 is 2.00 bits per heavy atom. The van der Waals surface area contributed by atoms with Crippen LogP contribution in [-0.4, -0.2) is 5.78 Å². The van der Waals surface area contributed by atoms with Gasteiger partial charge >= 0.3 is 0 Å². The monoisotopic (exact) mass is 305 g/mol. The van der Waals surface area contributed by atoms with E-state index in [1.807, 2.05) is 31.2 Å². The topological polar surface area (TPSA) is 40.9 Å². The van der Waals surface area contributed by atoms with Crippen LogP contribution in [0.15, 0.2) is 28.7 Å². The van der Waals surface area contributed by atoms with E-state index < -0.39 is 5.92 Å². The van der Waals surface area contributed by atoms with E-state index in [9.17, 15) is 10.1 Å². The molecule has 1 aromatic carbocycles. The van der Waals surface area contributed by atoms with Gasteiger partial charge in [-0.3, -0.25) is 4.79 Å². The molecule has 0 aliphatic heterocycles.